The molecule has 0 unspecified atom stereocenters. The highest BCUT2D eigenvalue weighted by Gasteiger charge is 2.53. The van der Waals surface area contributed by atoms with Crippen LogP contribution in [0.15, 0.2) is 48.5 Å². The van der Waals surface area contributed by atoms with Crippen LogP contribution in [-0.2, 0) is 16.1 Å². The van der Waals surface area contributed by atoms with Gasteiger partial charge in [0.1, 0.15) is 23.1 Å². The summed E-state index contributed by atoms with van der Waals surface area (Å²) in [6.07, 6.45) is 3.86. The molecule has 9 heteroatoms. The van der Waals surface area contributed by atoms with Crippen LogP contribution in [0.5, 0.6) is 11.5 Å². The first kappa shape index (κ1) is 32.5. The molecule has 2 aromatic carbocycles. The first-order valence-electron chi connectivity index (χ1n) is 15.8. The van der Waals surface area contributed by atoms with Crippen LogP contribution in [0.3, 0.4) is 0 Å². The SMILES string of the molecule is CCCCN1C(=O)[C@H](CC(C)C)NC(=O)C12CCN(Cc1ccc(Oc3ccc(C(=O)NCCN(C)C)cc3)cc1)CC2. The fourth-order valence-corrected chi connectivity index (χ4v) is 5.95. The second-order valence-corrected chi connectivity index (χ2v) is 12.6. The molecule has 0 saturated carbocycles. The number of carbonyl (C=O) groups excluding carboxylic acids is 3. The van der Waals surface area contributed by atoms with Gasteiger partial charge in [0.15, 0.2) is 0 Å². The molecule has 0 bridgehead atoms. The zero-order chi connectivity index (χ0) is 31.0. The van der Waals surface area contributed by atoms with Crippen LogP contribution >= 0.6 is 0 Å². The molecule has 2 aromatic rings. The van der Waals surface area contributed by atoms with Gasteiger partial charge in [-0.1, -0.05) is 39.3 Å². The van der Waals surface area contributed by atoms with Crippen molar-refractivity contribution >= 4 is 17.7 Å². The molecule has 2 aliphatic rings. The fourth-order valence-electron chi connectivity index (χ4n) is 5.95. The normalized spacial score (nSPS) is 18.8. The van der Waals surface area contributed by atoms with Crippen LogP contribution in [0, 0.1) is 5.92 Å². The van der Waals surface area contributed by atoms with E-state index in [1.165, 1.54) is 0 Å². The van der Waals surface area contributed by atoms with Crippen molar-refractivity contribution in [2.24, 2.45) is 5.92 Å². The second kappa shape index (κ2) is 14.8. The smallest absolute Gasteiger partial charge is 0.251 e. The van der Waals surface area contributed by atoms with Gasteiger partial charge in [0.25, 0.3) is 5.91 Å². The molecule has 2 N–H and O–H groups in total. The van der Waals surface area contributed by atoms with Crippen LogP contribution in [-0.4, -0.2) is 90.8 Å². The number of likely N-dealkylation sites (tertiary alicyclic amines) is 1. The molecule has 2 saturated heterocycles. The van der Waals surface area contributed by atoms with Crippen molar-refractivity contribution < 1.29 is 19.1 Å². The van der Waals surface area contributed by atoms with Gasteiger partial charge in [0.05, 0.1) is 0 Å². The number of rotatable bonds is 13. The Morgan fingerprint density at radius 2 is 1.67 bits per heavy atom. The molecular weight excluding hydrogens is 542 g/mol. The number of nitrogens with zero attached hydrogens (tertiary/aromatic N) is 3. The molecule has 9 nitrogen and oxygen atoms in total. The number of piperidine rings is 1. The zero-order valence-corrected chi connectivity index (χ0v) is 26.5. The number of hydrogen-bond acceptors (Lipinski definition) is 6. The van der Waals surface area contributed by atoms with E-state index in [9.17, 15) is 14.4 Å². The first-order chi connectivity index (χ1) is 20.6. The van der Waals surface area contributed by atoms with E-state index in [1.807, 2.05) is 36.0 Å². The maximum absolute atomic E-state index is 13.5. The topological polar surface area (TPSA) is 94.2 Å². The maximum Gasteiger partial charge on any atom is 0.251 e. The van der Waals surface area contributed by atoms with Gasteiger partial charge in [-0.15, -0.1) is 0 Å². The van der Waals surface area contributed by atoms with E-state index in [0.717, 1.165) is 50.3 Å². The lowest BCUT2D eigenvalue weighted by molar-refractivity contribution is -0.161. The van der Waals surface area contributed by atoms with Crippen molar-refractivity contribution in [1.82, 2.24) is 25.3 Å². The summed E-state index contributed by atoms with van der Waals surface area (Å²) in [4.78, 5) is 45.6. The average Bonchev–Trinajstić information content (AvgIpc) is 2.98. The molecule has 0 radical (unpaired) electrons. The lowest BCUT2D eigenvalue weighted by atomic mass is 9.80. The molecule has 4 rings (SSSR count). The van der Waals surface area contributed by atoms with Gasteiger partial charge < -0.3 is 25.2 Å². The predicted molar refractivity (Wildman–Crippen MR) is 169 cm³/mol. The Hall–Kier alpha value is -3.43. The highest BCUT2D eigenvalue weighted by atomic mass is 16.5. The van der Waals surface area contributed by atoms with E-state index in [0.29, 0.717) is 49.6 Å². The van der Waals surface area contributed by atoms with Gasteiger partial charge in [-0.3, -0.25) is 19.3 Å². The number of piperazine rings is 1. The number of ether oxygens (including phenoxy) is 1. The quantitative estimate of drug-likeness (QED) is 0.361. The first-order valence-corrected chi connectivity index (χ1v) is 15.8. The second-order valence-electron chi connectivity index (χ2n) is 12.6. The predicted octanol–water partition coefficient (Wildman–Crippen LogP) is 4.28. The third kappa shape index (κ3) is 8.36. The molecule has 0 aliphatic carbocycles. The lowest BCUT2D eigenvalue weighted by Gasteiger charge is -2.52. The Balaban J connectivity index is 1.30. The number of hydrogen-bond donors (Lipinski definition) is 2. The fraction of sp³-hybridized carbons (Fsp3) is 0.559. The standard InChI is InChI=1S/C34H49N5O4/c1-6-7-19-39-32(41)30(23-25(2)3)36-33(42)34(39)16-20-38(21-17-34)24-26-8-12-28(13-9-26)43-29-14-10-27(11-15-29)31(40)35-18-22-37(4)5/h8-15,25,30H,6-7,16-24H2,1-5H3,(H,35,40)(H,36,42)/t30-/m0/s1. The van der Waals surface area contributed by atoms with E-state index in [1.54, 1.807) is 24.3 Å². The number of nitrogens with one attached hydrogen (secondary N) is 2. The van der Waals surface area contributed by atoms with Gasteiger partial charge in [0, 0.05) is 44.8 Å². The van der Waals surface area contributed by atoms with E-state index in [2.05, 4.69) is 48.4 Å². The van der Waals surface area contributed by atoms with Crippen molar-refractivity contribution in [3.63, 3.8) is 0 Å². The summed E-state index contributed by atoms with van der Waals surface area (Å²) < 4.78 is 6.01. The maximum atomic E-state index is 13.5. The van der Waals surface area contributed by atoms with Crippen LogP contribution in [0.2, 0.25) is 0 Å². The van der Waals surface area contributed by atoms with Crippen molar-refractivity contribution in [3.05, 3.63) is 59.7 Å². The molecule has 3 amide bonds. The average molecular weight is 592 g/mol. The molecule has 1 atom stereocenters. The van der Waals surface area contributed by atoms with E-state index in [-0.39, 0.29) is 17.7 Å². The van der Waals surface area contributed by atoms with Crippen molar-refractivity contribution in [2.45, 2.75) is 71.0 Å². The lowest BCUT2D eigenvalue weighted by Crippen LogP contribution is -2.73. The highest BCUT2D eigenvalue weighted by molar-refractivity contribution is 6.00. The molecule has 1 spiro atoms. The molecule has 234 valence electrons. The van der Waals surface area contributed by atoms with E-state index >= 15 is 0 Å². The van der Waals surface area contributed by atoms with E-state index in [4.69, 9.17) is 4.74 Å². The highest BCUT2D eigenvalue weighted by Crippen LogP contribution is 2.35. The molecule has 2 aliphatic heterocycles. The summed E-state index contributed by atoms with van der Waals surface area (Å²) >= 11 is 0. The zero-order valence-electron chi connectivity index (χ0n) is 26.5. The van der Waals surface area contributed by atoms with Crippen molar-refractivity contribution in [1.29, 1.82) is 0 Å². The third-order valence-corrected chi connectivity index (χ3v) is 8.46. The van der Waals surface area contributed by atoms with Crippen molar-refractivity contribution in [3.8, 4) is 11.5 Å². The van der Waals surface area contributed by atoms with Crippen LogP contribution < -0.4 is 15.4 Å². The van der Waals surface area contributed by atoms with Crippen LogP contribution in [0.1, 0.15) is 68.8 Å². The molecule has 2 fully saturated rings. The van der Waals surface area contributed by atoms with E-state index < -0.39 is 11.6 Å². The largest absolute Gasteiger partial charge is 0.457 e. The summed E-state index contributed by atoms with van der Waals surface area (Å²) in [6, 6.07) is 14.8. The van der Waals surface area contributed by atoms with Crippen molar-refractivity contribution in [2.75, 3.05) is 46.8 Å². The molecule has 2 heterocycles. The number of unbranched alkanes of at least 4 members (excludes halogenated alkanes) is 1. The van der Waals surface area contributed by atoms with Gasteiger partial charge >= 0.3 is 0 Å². The molecule has 43 heavy (non-hydrogen) atoms. The molecular formula is C34H49N5O4. The number of carbonyl (C=O) groups is 3. The minimum Gasteiger partial charge on any atom is -0.457 e. The summed E-state index contributed by atoms with van der Waals surface area (Å²) in [7, 11) is 3.94. The summed E-state index contributed by atoms with van der Waals surface area (Å²) in [5, 5.41) is 6.01. The van der Waals surface area contributed by atoms with Gasteiger partial charge in [0.2, 0.25) is 11.8 Å². The van der Waals surface area contributed by atoms with Gasteiger partial charge in [-0.25, -0.2) is 0 Å². The van der Waals surface area contributed by atoms with Gasteiger partial charge in [-0.05, 0) is 87.7 Å². The third-order valence-electron chi connectivity index (χ3n) is 8.46. The monoisotopic (exact) mass is 591 g/mol. The Bertz CT molecular complexity index is 1220. The van der Waals surface area contributed by atoms with Crippen LogP contribution in [0.25, 0.3) is 0 Å². The Kier molecular flexibility index (Phi) is 11.2. The Morgan fingerprint density at radius 3 is 2.26 bits per heavy atom. The number of likely N-dealkylation sites (N-methyl/N-ethyl adjacent to an activating group) is 1. The Morgan fingerprint density at radius 1 is 1.05 bits per heavy atom. The minimum absolute atomic E-state index is 0.0213. The van der Waals surface area contributed by atoms with Gasteiger partial charge in [-0.2, -0.15) is 0 Å². The summed E-state index contributed by atoms with van der Waals surface area (Å²) in [6.45, 7) is 10.6. The summed E-state index contributed by atoms with van der Waals surface area (Å²) in [5.74, 6) is 1.75. The van der Waals surface area contributed by atoms with Crippen LogP contribution in [0.4, 0.5) is 0 Å². The molecule has 0 aromatic heterocycles. The Labute approximate surface area is 256 Å². The summed E-state index contributed by atoms with van der Waals surface area (Å²) in [5.41, 5.74) is 1.02. The number of benzene rings is 2. The number of amides is 3. The minimum atomic E-state index is -0.740.